The van der Waals surface area contributed by atoms with Crippen molar-refractivity contribution in [3.8, 4) is 11.5 Å². The van der Waals surface area contributed by atoms with Crippen molar-refractivity contribution in [3.63, 3.8) is 0 Å². The highest BCUT2D eigenvalue weighted by Crippen LogP contribution is 2.32. The van der Waals surface area contributed by atoms with Crippen LogP contribution in [0.1, 0.15) is 30.4 Å². The molecule has 0 radical (unpaired) electrons. The summed E-state index contributed by atoms with van der Waals surface area (Å²) in [4.78, 5) is 28.7. The molecule has 3 atom stereocenters. The lowest BCUT2D eigenvalue weighted by Crippen LogP contribution is -2.51. The van der Waals surface area contributed by atoms with E-state index in [0.29, 0.717) is 30.9 Å². The van der Waals surface area contributed by atoms with E-state index in [-0.39, 0.29) is 50.2 Å². The maximum atomic E-state index is 12.4. The standard InChI is InChI=1S/C23H27N3O6/c27-13-21-18(26-23(29)9-15-2-1-7-24-11-15)5-4-17(32-21)10-22(28)25-12-16-3-6-19-20(8-16)31-14-30-19/h1-3,6-8,11,17-18,21,27H,4-5,9-10,12-14H2,(H,25,28)(H,26,29)/t17-,18-,21-/m0/s1. The zero-order valence-electron chi connectivity index (χ0n) is 17.7. The molecule has 3 heterocycles. The molecule has 0 bridgehead atoms. The van der Waals surface area contributed by atoms with Gasteiger partial charge < -0.3 is 30.0 Å². The van der Waals surface area contributed by atoms with E-state index >= 15 is 0 Å². The van der Waals surface area contributed by atoms with E-state index in [2.05, 4.69) is 15.6 Å². The van der Waals surface area contributed by atoms with E-state index in [1.54, 1.807) is 18.5 Å². The number of pyridine rings is 1. The second kappa shape index (κ2) is 10.4. The lowest BCUT2D eigenvalue weighted by Gasteiger charge is -2.36. The van der Waals surface area contributed by atoms with E-state index in [1.807, 2.05) is 24.3 Å². The first kappa shape index (κ1) is 22.0. The number of aliphatic hydroxyl groups excluding tert-OH is 1. The zero-order chi connectivity index (χ0) is 22.3. The minimum absolute atomic E-state index is 0.136. The van der Waals surface area contributed by atoms with Gasteiger partial charge in [-0.3, -0.25) is 14.6 Å². The summed E-state index contributed by atoms with van der Waals surface area (Å²) in [6, 6.07) is 8.88. The van der Waals surface area contributed by atoms with Crippen molar-refractivity contribution in [3.05, 3.63) is 53.9 Å². The van der Waals surface area contributed by atoms with Crippen LogP contribution in [0.5, 0.6) is 11.5 Å². The molecule has 170 valence electrons. The second-order valence-electron chi connectivity index (χ2n) is 7.94. The first-order valence-electron chi connectivity index (χ1n) is 10.7. The van der Waals surface area contributed by atoms with Gasteiger partial charge in [-0.2, -0.15) is 0 Å². The number of nitrogens with zero attached hydrogens (tertiary/aromatic N) is 1. The summed E-state index contributed by atoms with van der Waals surface area (Å²) in [5.74, 6) is 1.09. The molecule has 1 aromatic carbocycles. The quantitative estimate of drug-likeness (QED) is 0.561. The summed E-state index contributed by atoms with van der Waals surface area (Å²) in [5.41, 5.74) is 1.73. The van der Waals surface area contributed by atoms with Crippen molar-refractivity contribution in [1.29, 1.82) is 0 Å². The Balaban J connectivity index is 1.22. The number of aliphatic hydroxyl groups is 1. The molecule has 9 nitrogen and oxygen atoms in total. The van der Waals surface area contributed by atoms with E-state index in [4.69, 9.17) is 14.2 Å². The van der Waals surface area contributed by atoms with Gasteiger partial charge in [-0.1, -0.05) is 12.1 Å². The highest BCUT2D eigenvalue weighted by atomic mass is 16.7. The van der Waals surface area contributed by atoms with Crippen LogP contribution in [0.15, 0.2) is 42.7 Å². The third-order valence-corrected chi connectivity index (χ3v) is 5.57. The Morgan fingerprint density at radius 1 is 1.09 bits per heavy atom. The third-order valence-electron chi connectivity index (χ3n) is 5.57. The maximum absolute atomic E-state index is 12.4. The molecule has 1 aromatic heterocycles. The van der Waals surface area contributed by atoms with E-state index < -0.39 is 6.10 Å². The molecule has 2 aliphatic rings. The van der Waals surface area contributed by atoms with Crippen molar-refractivity contribution in [1.82, 2.24) is 15.6 Å². The molecule has 2 aromatic rings. The monoisotopic (exact) mass is 441 g/mol. The van der Waals surface area contributed by atoms with Gasteiger partial charge in [0.25, 0.3) is 0 Å². The van der Waals surface area contributed by atoms with Gasteiger partial charge in [0.05, 0.1) is 31.6 Å². The fourth-order valence-electron chi connectivity index (χ4n) is 3.92. The average Bonchev–Trinajstić information content (AvgIpc) is 3.27. The molecule has 0 aliphatic carbocycles. The molecule has 0 saturated carbocycles. The van der Waals surface area contributed by atoms with Gasteiger partial charge in [-0.25, -0.2) is 0 Å². The number of rotatable bonds is 8. The molecule has 2 amide bonds. The van der Waals surface area contributed by atoms with Crippen molar-refractivity contribution >= 4 is 11.8 Å². The SMILES string of the molecule is O=C(C[C@@H]1CC[C@H](NC(=O)Cc2cccnc2)[C@H](CO)O1)NCc1ccc2c(c1)OCO2. The van der Waals surface area contributed by atoms with Crippen molar-refractivity contribution in [2.45, 2.75) is 50.5 Å². The molecule has 9 heteroatoms. The molecule has 1 saturated heterocycles. The molecule has 1 fully saturated rings. The number of benzene rings is 1. The van der Waals surface area contributed by atoms with E-state index in [1.165, 1.54) is 0 Å². The van der Waals surface area contributed by atoms with Crippen LogP contribution in [0.2, 0.25) is 0 Å². The smallest absolute Gasteiger partial charge is 0.231 e. The Bertz CT molecular complexity index is 939. The van der Waals surface area contributed by atoms with Gasteiger partial charge >= 0.3 is 0 Å². The first-order chi connectivity index (χ1) is 15.6. The lowest BCUT2D eigenvalue weighted by atomic mass is 9.96. The van der Waals surface area contributed by atoms with E-state index in [9.17, 15) is 14.7 Å². The number of fused-ring (bicyclic) bond motifs is 1. The number of ether oxygens (including phenoxy) is 3. The molecule has 0 spiro atoms. The summed E-state index contributed by atoms with van der Waals surface area (Å²) in [6.45, 7) is 0.354. The predicted molar refractivity (Wildman–Crippen MR) is 114 cm³/mol. The zero-order valence-corrected chi connectivity index (χ0v) is 17.7. The van der Waals surface area contributed by atoms with Crippen LogP contribution in [0.4, 0.5) is 0 Å². The molecule has 32 heavy (non-hydrogen) atoms. The van der Waals surface area contributed by atoms with Crippen LogP contribution in [0.25, 0.3) is 0 Å². The molecular weight excluding hydrogens is 414 g/mol. The van der Waals surface area contributed by atoms with Crippen molar-refractivity contribution in [2.75, 3.05) is 13.4 Å². The van der Waals surface area contributed by atoms with Gasteiger partial charge in [-0.05, 0) is 42.2 Å². The van der Waals surface area contributed by atoms with Crippen LogP contribution in [0.3, 0.4) is 0 Å². The van der Waals surface area contributed by atoms with Gasteiger partial charge in [0, 0.05) is 18.9 Å². The molecule has 0 unspecified atom stereocenters. The summed E-state index contributed by atoms with van der Waals surface area (Å²) in [7, 11) is 0. The summed E-state index contributed by atoms with van der Waals surface area (Å²) >= 11 is 0. The molecule has 2 aliphatic heterocycles. The third kappa shape index (κ3) is 5.74. The molecule has 3 N–H and O–H groups in total. The fourth-order valence-corrected chi connectivity index (χ4v) is 3.92. The Kier molecular flexibility index (Phi) is 7.18. The van der Waals surface area contributed by atoms with Crippen LogP contribution in [-0.2, 0) is 27.3 Å². The minimum atomic E-state index is -0.548. The minimum Gasteiger partial charge on any atom is -0.454 e. The highest BCUT2D eigenvalue weighted by Gasteiger charge is 2.32. The Hall–Kier alpha value is -3.17. The Morgan fingerprint density at radius 3 is 2.78 bits per heavy atom. The van der Waals surface area contributed by atoms with E-state index in [0.717, 1.165) is 11.1 Å². The van der Waals surface area contributed by atoms with Gasteiger partial charge in [0.15, 0.2) is 11.5 Å². The topological polar surface area (TPSA) is 119 Å². The molecule has 4 rings (SSSR count). The number of aromatic nitrogens is 1. The summed E-state index contributed by atoms with van der Waals surface area (Å²) < 4.78 is 16.5. The Morgan fingerprint density at radius 2 is 1.97 bits per heavy atom. The van der Waals surface area contributed by atoms with Gasteiger partial charge in [0.1, 0.15) is 6.10 Å². The van der Waals surface area contributed by atoms with Crippen LogP contribution < -0.4 is 20.1 Å². The summed E-state index contributed by atoms with van der Waals surface area (Å²) in [6.07, 6.45) is 4.10. The normalized spacial score (nSPS) is 21.7. The average molecular weight is 441 g/mol. The van der Waals surface area contributed by atoms with Crippen molar-refractivity contribution < 1.29 is 28.9 Å². The fraction of sp³-hybridized carbons (Fsp3) is 0.435. The number of amides is 2. The Labute approximate surface area is 186 Å². The number of nitrogens with one attached hydrogen (secondary N) is 2. The summed E-state index contributed by atoms with van der Waals surface area (Å²) in [5, 5.41) is 15.6. The van der Waals surface area contributed by atoms with Crippen molar-refractivity contribution in [2.24, 2.45) is 0 Å². The second-order valence-corrected chi connectivity index (χ2v) is 7.94. The maximum Gasteiger partial charge on any atom is 0.231 e. The van der Waals surface area contributed by atoms with Crippen LogP contribution in [-0.4, -0.2) is 53.6 Å². The number of carbonyl (C=O) groups excluding carboxylic acids is 2. The molecular formula is C23H27N3O6. The first-order valence-corrected chi connectivity index (χ1v) is 10.7. The van der Waals surface area contributed by atoms with Gasteiger partial charge in [-0.15, -0.1) is 0 Å². The van der Waals surface area contributed by atoms with Crippen LogP contribution >= 0.6 is 0 Å². The number of carbonyl (C=O) groups is 2. The predicted octanol–water partition coefficient (Wildman–Crippen LogP) is 1.08. The number of hydrogen-bond acceptors (Lipinski definition) is 7. The van der Waals surface area contributed by atoms with Crippen LogP contribution in [0, 0.1) is 0 Å². The largest absolute Gasteiger partial charge is 0.454 e. The van der Waals surface area contributed by atoms with Gasteiger partial charge in [0.2, 0.25) is 18.6 Å². The lowest BCUT2D eigenvalue weighted by molar-refractivity contribution is -0.135. The number of hydrogen-bond donors (Lipinski definition) is 3. The highest BCUT2D eigenvalue weighted by molar-refractivity contribution is 5.79.